The lowest BCUT2D eigenvalue weighted by Crippen LogP contribution is -2.45. The lowest BCUT2D eigenvalue weighted by Gasteiger charge is -2.33. The van der Waals surface area contributed by atoms with E-state index in [4.69, 9.17) is 0 Å². The van der Waals surface area contributed by atoms with Crippen molar-refractivity contribution < 1.29 is 14.4 Å². The number of Topliss-reactive ketones (excluding diaryl/α,β-unsaturated/α-hetero) is 1. The standard InChI is InChI=1S/C16H20N4O.C13H16N4O.C3H6O/c1-13(21)6-7-14-16(19-11-9-18(2)10-12-19)20-8-4-3-5-15(20)17-14;1-15-6-8-16(9-7-15)13-11(10-18)14-12-4-2-3-5-17(12)13;1-3(2)4/h3-8H,9-12H2,1-2H3;2-5,10H,6-9H2,1H3;1-2H3/b7-6+;;. The first-order valence-corrected chi connectivity index (χ1v) is 14.6. The van der Waals surface area contributed by atoms with Crippen molar-refractivity contribution in [2.45, 2.75) is 20.8 Å². The quantitative estimate of drug-likeness (QED) is 0.258. The van der Waals surface area contributed by atoms with Gasteiger partial charge in [0.1, 0.15) is 40.1 Å². The van der Waals surface area contributed by atoms with E-state index in [2.05, 4.69) is 48.1 Å². The van der Waals surface area contributed by atoms with Crippen LogP contribution in [0.1, 0.15) is 37.0 Å². The largest absolute Gasteiger partial charge is 0.353 e. The molecule has 0 radical (unpaired) electrons. The van der Waals surface area contributed by atoms with Gasteiger partial charge in [-0.25, -0.2) is 9.97 Å². The molecule has 2 aliphatic heterocycles. The Morgan fingerprint density at radius 2 is 1.09 bits per heavy atom. The summed E-state index contributed by atoms with van der Waals surface area (Å²) in [7, 11) is 4.26. The smallest absolute Gasteiger partial charge is 0.172 e. The molecule has 0 saturated carbocycles. The van der Waals surface area contributed by atoms with Gasteiger partial charge in [-0.1, -0.05) is 12.1 Å². The van der Waals surface area contributed by atoms with Gasteiger partial charge < -0.3 is 24.4 Å². The van der Waals surface area contributed by atoms with Crippen molar-refractivity contribution in [1.29, 1.82) is 0 Å². The van der Waals surface area contributed by atoms with Gasteiger partial charge in [-0.2, -0.15) is 0 Å². The first-order chi connectivity index (χ1) is 20.7. The van der Waals surface area contributed by atoms with Crippen LogP contribution in [-0.2, 0) is 9.59 Å². The number of hydrogen-bond acceptors (Lipinski definition) is 9. The summed E-state index contributed by atoms with van der Waals surface area (Å²) in [5.74, 6) is 2.21. The maximum absolute atomic E-state index is 11.2. The summed E-state index contributed by atoms with van der Waals surface area (Å²) in [5, 5.41) is 0. The number of carbonyl (C=O) groups is 3. The maximum Gasteiger partial charge on any atom is 0.172 e. The Balaban J connectivity index is 0.000000177. The highest BCUT2D eigenvalue weighted by Gasteiger charge is 2.22. The lowest BCUT2D eigenvalue weighted by molar-refractivity contribution is -0.115. The van der Waals surface area contributed by atoms with Crippen LogP contribution in [0.15, 0.2) is 54.9 Å². The summed E-state index contributed by atoms with van der Waals surface area (Å²) >= 11 is 0. The second kappa shape index (κ2) is 14.7. The van der Waals surface area contributed by atoms with Crippen LogP contribution in [0, 0.1) is 0 Å². The van der Waals surface area contributed by atoms with E-state index in [0.717, 1.165) is 87.3 Å². The van der Waals surface area contributed by atoms with Crippen LogP contribution in [0.25, 0.3) is 17.4 Å². The van der Waals surface area contributed by atoms with E-state index in [1.165, 1.54) is 13.8 Å². The van der Waals surface area contributed by atoms with Crippen LogP contribution in [0.2, 0.25) is 0 Å². The molecule has 4 aromatic rings. The summed E-state index contributed by atoms with van der Waals surface area (Å²) in [6.07, 6.45) is 8.25. The first-order valence-electron chi connectivity index (χ1n) is 14.6. The van der Waals surface area contributed by atoms with Gasteiger partial charge in [0.2, 0.25) is 0 Å². The van der Waals surface area contributed by atoms with E-state index in [1.807, 2.05) is 59.3 Å². The SMILES string of the molecule is CC(=O)/C=C/c1nc2ccccn2c1N1CCN(C)CC1.CC(C)=O.CN1CCN(c2c(C=O)nc3ccccn23)CC1. The number of anilines is 2. The predicted molar refractivity (Wildman–Crippen MR) is 171 cm³/mol. The van der Waals surface area contributed by atoms with Crippen LogP contribution >= 0.6 is 0 Å². The first kappa shape index (κ1) is 31.6. The molecule has 0 aliphatic carbocycles. The molecule has 0 unspecified atom stereocenters. The normalized spacial score (nSPS) is 16.1. The van der Waals surface area contributed by atoms with E-state index in [1.54, 1.807) is 13.0 Å². The molecule has 43 heavy (non-hydrogen) atoms. The van der Waals surface area contributed by atoms with Crippen molar-refractivity contribution in [2.75, 3.05) is 76.3 Å². The number of likely N-dealkylation sites (N-methyl/N-ethyl adjacent to an activating group) is 2. The van der Waals surface area contributed by atoms with Crippen LogP contribution in [0.5, 0.6) is 0 Å². The van der Waals surface area contributed by atoms with Gasteiger partial charge in [-0.3, -0.25) is 18.4 Å². The van der Waals surface area contributed by atoms with Crippen molar-refractivity contribution in [3.8, 4) is 0 Å². The second-order valence-electron chi connectivity index (χ2n) is 11.0. The Bertz CT molecular complexity index is 1570. The molecule has 0 bridgehead atoms. The van der Waals surface area contributed by atoms with E-state index in [9.17, 15) is 14.4 Å². The molecule has 0 aromatic carbocycles. The number of nitrogens with zero attached hydrogens (tertiary/aromatic N) is 8. The molecule has 228 valence electrons. The van der Waals surface area contributed by atoms with Crippen molar-refractivity contribution in [1.82, 2.24) is 28.6 Å². The molecule has 2 fully saturated rings. The average Bonchev–Trinajstić information content (AvgIpc) is 3.55. The molecule has 4 aromatic heterocycles. The zero-order valence-electron chi connectivity index (χ0n) is 25.8. The van der Waals surface area contributed by atoms with E-state index in [-0.39, 0.29) is 11.6 Å². The number of imidazole rings is 2. The number of fused-ring (bicyclic) bond motifs is 2. The number of aldehydes is 1. The van der Waals surface area contributed by atoms with Crippen molar-refractivity contribution >= 4 is 46.9 Å². The summed E-state index contributed by atoms with van der Waals surface area (Å²) in [6, 6.07) is 11.8. The van der Waals surface area contributed by atoms with Gasteiger partial charge in [0, 0.05) is 64.8 Å². The number of rotatable bonds is 5. The molecular formula is C32H42N8O3. The Kier molecular flexibility index (Phi) is 10.8. The zero-order chi connectivity index (χ0) is 30.9. The third-order valence-electron chi connectivity index (χ3n) is 7.25. The van der Waals surface area contributed by atoms with Crippen LogP contribution in [0.3, 0.4) is 0 Å². The van der Waals surface area contributed by atoms with E-state index in [0.29, 0.717) is 5.69 Å². The molecule has 0 spiro atoms. The number of ketones is 2. The topological polar surface area (TPSA) is 98.8 Å². The third-order valence-corrected chi connectivity index (χ3v) is 7.25. The highest BCUT2D eigenvalue weighted by molar-refractivity contribution is 5.92. The molecule has 11 heteroatoms. The second-order valence-corrected chi connectivity index (χ2v) is 11.0. The Hall–Kier alpha value is -4.35. The minimum atomic E-state index is 0.0383. The Morgan fingerprint density at radius 3 is 1.51 bits per heavy atom. The summed E-state index contributed by atoms with van der Waals surface area (Å²) in [4.78, 5) is 50.1. The van der Waals surface area contributed by atoms with Gasteiger partial charge >= 0.3 is 0 Å². The molecule has 0 N–H and O–H groups in total. The fourth-order valence-electron chi connectivity index (χ4n) is 5.05. The molecular weight excluding hydrogens is 544 g/mol. The average molecular weight is 587 g/mol. The molecule has 6 rings (SSSR count). The van der Waals surface area contributed by atoms with Gasteiger partial charge in [-0.15, -0.1) is 0 Å². The molecule has 0 amide bonds. The number of allylic oxidation sites excluding steroid dienone is 1. The molecule has 2 aliphatic rings. The molecule has 6 heterocycles. The van der Waals surface area contributed by atoms with Gasteiger partial charge in [0.25, 0.3) is 0 Å². The van der Waals surface area contributed by atoms with E-state index < -0.39 is 0 Å². The molecule has 11 nitrogen and oxygen atoms in total. The zero-order valence-corrected chi connectivity index (χ0v) is 25.8. The lowest BCUT2D eigenvalue weighted by atomic mass is 10.2. The third kappa shape index (κ3) is 8.14. The van der Waals surface area contributed by atoms with Crippen molar-refractivity contribution in [3.05, 3.63) is 66.3 Å². The van der Waals surface area contributed by atoms with Crippen LogP contribution < -0.4 is 9.80 Å². The van der Waals surface area contributed by atoms with Crippen molar-refractivity contribution in [3.63, 3.8) is 0 Å². The summed E-state index contributed by atoms with van der Waals surface area (Å²) in [6.45, 7) is 12.5. The Labute approximate surface area is 253 Å². The predicted octanol–water partition coefficient (Wildman–Crippen LogP) is 3.18. The van der Waals surface area contributed by atoms with Crippen molar-refractivity contribution in [2.24, 2.45) is 0 Å². The minimum Gasteiger partial charge on any atom is -0.353 e. The van der Waals surface area contributed by atoms with Crippen LogP contribution in [0.4, 0.5) is 11.6 Å². The van der Waals surface area contributed by atoms with Gasteiger partial charge in [0.05, 0.1) is 0 Å². The monoisotopic (exact) mass is 586 g/mol. The van der Waals surface area contributed by atoms with Gasteiger partial charge in [-0.05, 0) is 71.3 Å². The number of piperazine rings is 2. The summed E-state index contributed by atoms with van der Waals surface area (Å²) < 4.78 is 4.10. The highest BCUT2D eigenvalue weighted by Crippen LogP contribution is 2.25. The fourth-order valence-corrected chi connectivity index (χ4v) is 5.05. The van der Waals surface area contributed by atoms with Crippen LogP contribution in [-0.4, -0.2) is 113 Å². The van der Waals surface area contributed by atoms with E-state index >= 15 is 0 Å². The molecule has 2 saturated heterocycles. The number of carbonyl (C=O) groups excluding carboxylic acids is 3. The fraction of sp³-hybridized carbons (Fsp3) is 0.406. The summed E-state index contributed by atoms with van der Waals surface area (Å²) in [5.41, 5.74) is 3.13. The number of hydrogen-bond donors (Lipinski definition) is 0. The highest BCUT2D eigenvalue weighted by atomic mass is 16.1. The maximum atomic E-state index is 11.2. The number of pyridine rings is 2. The number of aromatic nitrogens is 4. The minimum absolute atomic E-state index is 0.0383. The van der Waals surface area contributed by atoms with Gasteiger partial charge in [0.15, 0.2) is 12.1 Å². The Morgan fingerprint density at radius 1 is 0.674 bits per heavy atom. The molecule has 0 atom stereocenters.